The lowest BCUT2D eigenvalue weighted by Crippen LogP contribution is -2.53. The Hall–Kier alpha value is -2.49. The monoisotopic (exact) mass is 557 g/mol. The smallest absolute Gasteiger partial charge is 0.244 e. The predicted molar refractivity (Wildman–Crippen MR) is 144 cm³/mol. The number of amides is 2. The van der Waals surface area contributed by atoms with E-state index in [0.717, 1.165) is 22.5 Å². The third kappa shape index (κ3) is 8.01. The minimum Gasteiger partial charge on any atom is -0.497 e. The Morgan fingerprint density at radius 2 is 1.69 bits per heavy atom. The molecule has 2 amide bonds. The molecule has 2 atom stereocenters. The van der Waals surface area contributed by atoms with E-state index in [4.69, 9.17) is 27.9 Å². The SMILES string of the molecule is CC[C@H](C)NC(=O)[C@H](CC)N(Cc1ccc(OC)cc1)C(=O)CN(c1ccc(Cl)cc1Cl)S(C)(=O)=O. The minimum absolute atomic E-state index is 0.0788. The molecule has 0 unspecified atom stereocenters. The number of hydrogen-bond donors (Lipinski definition) is 1. The van der Waals surface area contributed by atoms with Crippen LogP contribution in [0.5, 0.6) is 5.75 Å². The van der Waals surface area contributed by atoms with Gasteiger partial charge >= 0.3 is 0 Å². The molecule has 0 saturated heterocycles. The molecule has 2 rings (SSSR count). The molecule has 0 spiro atoms. The van der Waals surface area contributed by atoms with E-state index >= 15 is 0 Å². The van der Waals surface area contributed by atoms with Crippen molar-refractivity contribution in [2.45, 2.75) is 52.2 Å². The van der Waals surface area contributed by atoms with E-state index in [1.165, 1.54) is 23.1 Å². The summed E-state index contributed by atoms with van der Waals surface area (Å²) in [6, 6.07) is 10.6. The highest BCUT2D eigenvalue weighted by atomic mass is 35.5. The number of rotatable bonds is 12. The number of halogens is 2. The summed E-state index contributed by atoms with van der Waals surface area (Å²) in [5.74, 6) is -0.198. The van der Waals surface area contributed by atoms with Crippen LogP contribution >= 0.6 is 23.2 Å². The van der Waals surface area contributed by atoms with Crippen LogP contribution in [0.4, 0.5) is 5.69 Å². The van der Waals surface area contributed by atoms with E-state index in [1.54, 1.807) is 38.3 Å². The van der Waals surface area contributed by atoms with Crippen molar-refractivity contribution in [2.75, 3.05) is 24.2 Å². The fraction of sp³-hybridized carbons (Fsp3) is 0.440. The molecular weight excluding hydrogens is 525 g/mol. The van der Waals surface area contributed by atoms with Crippen molar-refractivity contribution in [3.05, 3.63) is 58.1 Å². The Morgan fingerprint density at radius 1 is 1.06 bits per heavy atom. The number of carbonyl (C=O) groups excluding carboxylic acids is 2. The van der Waals surface area contributed by atoms with Gasteiger partial charge in [-0.2, -0.15) is 0 Å². The Morgan fingerprint density at radius 3 is 2.19 bits per heavy atom. The van der Waals surface area contributed by atoms with E-state index in [9.17, 15) is 18.0 Å². The third-order valence-corrected chi connectivity index (χ3v) is 7.42. The van der Waals surface area contributed by atoms with E-state index in [2.05, 4.69) is 5.32 Å². The molecule has 36 heavy (non-hydrogen) atoms. The van der Waals surface area contributed by atoms with Crippen LogP contribution in [0.25, 0.3) is 0 Å². The van der Waals surface area contributed by atoms with Crippen molar-refractivity contribution in [1.82, 2.24) is 10.2 Å². The van der Waals surface area contributed by atoms with Crippen LogP contribution in [0, 0.1) is 0 Å². The van der Waals surface area contributed by atoms with Crippen LogP contribution in [0.1, 0.15) is 39.2 Å². The van der Waals surface area contributed by atoms with Crippen LogP contribution in [0.3, 0.4) is 0 Å². The fourth-order valence-electron chi connectivity index (χ4n) is 3.57. The molecular formula is C25H33Cl2N3O5S. The lowest BCUT2D eigenvalue weighted by molar-refractivity contribution is -0.140. The summed E-state index contributed by atoms with van der Waals surface area (Å²) >= 11 is 12.2. The Kier molecular flexibility index (Phi) is 10.9. The molecule has 198 valence electrons. The van der Waals surface area contributed by atoms with Crippen molar-refractivity contribution in [2.24, 2.45) is 0 Å². The molecule has 1 N–H and O–H groups in total. The Bertz CT molecular complexity index is 1160. The quantitative estimate of drug-likeness (QED) is 0.414. The second kappa shape index (κ2) is 13.2. The zero-order valence-electron chi connectivity index (χ0n) is 21.1. The molecule has 2 aromatic rings. The Balaban J connectivity index is 2.46. The van der Waals surface area contributed by atoms with Gasteiger partial charge in [0.2, 0.25) is 21.8 Å². The molecule has 8 nitrogen and oxygen atoms in total. The minimum atomic E-state index is -3.90. The van der Waals surface area contributed by atoms with Gasteiger partial charge in [0.05, 0.1) is 24.1 Å². The van der Waals surface area contributed by atoms with Gasteiger partial charge in [0.1, 0.15) is 18.3 Å². The van der Waals surface area contributed by atoms with Crippen molar-refractivity contribution < 1.29 is 22.7 Å². The maximum Gasteiger partial charge on any atom is 0.244 e. The standard InChI is InChI=1S/C25H33Cl2N3O5S/c1-6-17(3)28-25(32)22(7-2)29(15-18-8-11-20(35-4)12-9-18)24(31)16-30(36(5,33)34)23-13-10-19(26)14-21(23)27/h8-14,17,22H,6-7,15-16H2,1-5H3,(H,28,32)/t17-,22-/m0/s1. The van der Waals surface area contributed by atoms with E-state index < -0.39 is 28.5 Å². The largest absolute Gasteiger partial charge is 0.497 e. The second-order valence-corrected chi connectivity index (χ2v) is 11.2. The fourth-order valence-corrected chi connectivity index (χ4v) is 4.99. The number of hydrogen-bond acceptors (Lipinski definition) is 5. The van der Waals surface area contributed by atoms with E-state index in [0.29, 0.717) is 17.2 Å². The molecule has 11 heteroatoms. The zero-order valence-corrected chi connectivity index (χ0v) is 23.5. The first-order valence-electron chi connectivity index (χ1n) is 11.6. The molecule has 0 bridgehead atoms. The van der Waals surface area contributed by atoms with Gasteiger partial charge in [-0.15, -0.1) is 0 Å². The van der Waals surface area contributed by atoms with Crippen molar-refractivity contribution >= 4 is 50.7 Å². The number of nitrogens with zero attached hydrogens (tertiary/aromatic N) is 2. The van der Waals surface area contributed by atoms with Gasteiger partial charge in [0.25, 0.3) is 0 Å². The van der Waals surface area contributed by atoms with Crippen LogP contribution in [0.15, 0.2) is 42.5 Å². The molecule has 0 heterocycles. The van der Waals surface area contributed by atoms with Crippen molar-refractivity contribution in [1.29, 1.82) is 0 Å². The maximum absolute atomic E-state index is 13.7. The van der Waals surface area contributed by atoms with Crippen LogP contribution in [-0.4, -0.2) is 57.1 Å². The van der Waals surface area contributed by atoms with Crippen LogP contribution in [-0.2, 0) is 26.2 Å². The number of benzene rings is 2. The highest BCUT2D eigenvalue weighted by molar-refractivity contribution is 7.92. The first kappa shape index (κ1) is 29.7. The molecule has 0 radical (unpaired) electrons. The first-order chi connectivity index (χ1) is 16.9. The number of sulfonamides is 1. The van der Waals surface area contributed by atoms with Gasteiger partial charge in [-0.3, -0.25) is 13.9 Å². The molecule has 0 fully saturated rings. The van der Waals surface area contributed by atoms with Crippen molar-refractivity contribution in [3.63, 3.8) is 0 Å². The van der Waals surface area contributed by atoms with Crippen molar-refractivity contribution in [3.8, 4) is 5.75 Å². The van der Waals surface area contributed by atoms with Gasteiger partial charge in [-0.25, -0.2) is 8.42 Å². The first-order valence-corrected chi connectivity index (χ1v) is 14.2. The third-order valence-electron chi connectivity index (χ3n) is 5.76. The normalized spacial score (nSPS) is 13.0. The molecule has 0 aromatic heterocycles. The topological polar surface area (TPSA) is 96.0 Å². The average Bonchev–Trinajstić information content (AvgIpc) is 2.82. The summed E-state index contributed by atoms with van der Waals surface area (Å²) in [7, 11) is -2.34. The number of anilines is 1. The summed E-state index contributed by atoms with van der Waals surface area (Å²) in [5.41, 5.74) is 0.882. The van der Waals surface area contributed by atoms with Gasteiger partial charge in [0.15, 0.2) is 0 Å². The second-order valence-electron chi connectivity index (χ2n) is 8.48. The molecule has 0 saturated carbocycles. The summed E-state index contributed by atoms with van der Waals surface area (Å²) in [4.78, 5) is 28.2. The lowest BCUT2D eigenvalue weighted by Gasteiger charge is -2.33. The lowest BCUT2D eigenvalue weighted by atomic mass is 10.1. The van der Waals surface area contributed by atoms with Gasteiger partial charge in [-0.1, -0.05) is 49.2 Å². The van der Waals surface area contributed by atoms with Gasteiger partial charge in [-0.05, 0) is 55.7 Å². The van der Waals surface area contributed by atoms with Crippen LogP contribution in [0.2, 0.25) is 10.0 Å². The highest BCUT2D eigenvalue weighted by Gasteiger charge is 2.32. The summed E-state index contributed by atoms with van der Waals surface area (Å²) in [6.45, 7) is 5.20. The van der Waals surface area contributed by atoms with Gasteiger partial charge < -0.3 is 15.0 Å². The molecule has 0 aliphatic carbocycles. The Labute approximate surface area is 223 Å². The highest BCUT2D eigenvalue weighted by Crippen LogP contribution is 2.30. The molecule has 0 aliphatic heterocycles. The maximum atomic E-state index is 13.7. The summed E-state index contributed by atoms with van der Waals surface area (Å²) < 4.78 is 31.5. The molecule has 2 aromatic carbocycles. The number of carbonyl (C=O) groups is 2. The zero-order chi connectivity index (χ0) is 27.0. The predicted octanol–water partition coefficient (Wildman–Crippen LogP) is 4.49. The molecule has 0 aliphatic rings. The number of nitrogens with one attached hydrogen (secondary N) is 1. The summed E-state index contributed by atoms with van der Waals surface area (Å²) in [5, 5.41) is 3.35. The van der Waals surface area contributed by atoms with E-state index in [1.807, 2.05) is 13.8 Å². The summed E-state index contributed by atoms with van der Waals surface area (Å²) in [6.07, 6.45) is 2.06. The van der Waals surface area contributed by atoms with E-state index in [-0.39, 0.29) is 29.2 Å². The number of methoxy groups -OCH3 is 1. The number of ether oxygens (including phenoxy) is 1. The van der Waals surface area contributed by atoms with Gasteiger partial charge in [0, 0.05) is 17.6 Å². The van der Waals surface area contributed by atoms with Crippen LogP contribution < -0.4 is 14.4 Å². The average molecular weight is 559 g/mol.